The fraction of sp³-hybridized carbons (Fsp3) is 0. The van der Waals surface area contributed by atoms with Gasteiger partial charge in [-0.2, -0.15) is 0 Å². The van der Waals surface area contributed by atoms with E-state index in [9.17, 15) is 4.79 Å². The van der Waals surface area contributed by atoms with E-state index in [2.05, 4.69) is 4.98 Å². The smallest absolute Gasteiger partial charge is 0.201 e. The third-order valence-electron chi connectivity index (χ3n) is 3.33. The summed E-state index contributed by atoms with van der Waals surface area (Å²) in [6.07, 6.45) is 1.72. The Kier molecular flexibility index (Phi) is 1.97. The minimum Gasteiger partial charge on any atom is -0.456 e. The van der Waals surface area contributed by atoms with Gasteiger partial charge in [0.2, 0.25) is 5.43 Å². The van der Waals surface area contributed by atoms with Crippen molar-refractivity contribution in [3.63, 3.8) is 0 Å². The minimum absolute atomic E-state index is 0.00421. The summed E-state index contributed by atoms with van der Waals surface area (Å²) in [6.45, 7) is 0. The molecular weight excluding hydrogens is 238 g/mol. The molecule has 0 saturated carbocycles. The number of pyridine rings is 1. The fourth-order valence-corrected chi connectivity index (χ4v) is 2.45. The monoisotopic (exact) mass is 247 g/mol. The average Bonchev–Trinajstić information content (AvgIpc) is 2.47. The highest BCUT2D eigenvalue weighted by atomic mass is 16.3. The molecule has 0 atom stereocenters. The average molecular weight is 247 g/mol. The van der Waals surface area contributed by atoms with E-state index in [-0.39, 0.29) is 5.43 Å². The molecule has 3 nitrogen and oxygen atoms in total. The van der Waals surface area contributed by atoms with Crippen LogP contribution in [0.1, 0.15) is 0 Å². The highest BCUT2D eigenvalue weighted by molar-refractivity contribution is 6.06. The Balaban J connectivity index is 2.37. The first-order valence-electron chi connectivity index (χ1n) is 6.04. The van der Waals surface area contributed by atoms with Crippen LogP contribution >= 0.6 is 0 Å². The molecule has 0 N–H and O–H groups in total. The van der Waals surface area contributed by atoms with Gasteiger partial charge in [0, 0.05) is 11.6 Å². The van der Waals surface area contributed by atoms with Crippen LogP contribution in [-0.2, 0) is 0 Å². The van der Waals surface area contributed by atoms with Crippen LogP contribution in [0.3, 0.4) is 0 Å². The summed E-state index contributed by atoms with van der Waals surface area (Å²) in [4.78, 5) is 16.9. The summed E-state index contributed by atoms with van der Waals surface area (Å²) < 4.78 is 5.81. The van der Waals surface area contributed by atoms with Crippen molar-refractivity contribution in [3.8, 4) is 0 Å². The van der Waals surface area contributed by atoms with Gasteiger partial charge in [-0.15, -0.1) is 0 Å². The third-order valence-corrected chi connectivity index (χ3v) is 3.33. The molecule has 3 heteroatoms. The number of benzene rings is 2. The number of para-hydroxylation sites is 1. The predicted octanol–water partition coefficient (Wildman–Crippen LogP) is 3.49. The van der Waals surface area contributed by atoms with Crippen LogP contribution in [0.4, 0.5) is 0 Å². The SMILES string of the molecule is O=c1c2ccccc2oc2ccc3ncccc3c12. The van der Waals surface area contributed by atoms with Gasteiger partial charge in [-0.3, -0.25) is 9.78 Å². The second-order valence-corrected chi connectivity index (χ2v) is 4.44. The van der Waals surface area contributed by atoms with Crippen molar-refractivity contribution in [2.24, 2.45) is 0 Å². The van der Waals surface area contributed by atoms with Crippen LogP contribution in [0.5, 0.6) is 0 Å². The molecule has 0 aliphatic rings. The number of fused-ring (bicyclic) bond motifs is 4. The van der Waals surface area contributed by atoms with Gasteiger partial charge in [0.05, 0.1) is 16.3 Å². The van der Waals surface area contributed by atoms with Gasteiger partial charge in [-0.25, -0.2) is 0 Å². The van der Waals surface area contributed by atoms with Crippen LogP contribution in [0.2, 0.25) is 0 Å². The Hall–Kier alpha value is -2.68. The number of nitrogens with zero attached hydrogens (tertiary/aromatic N) is 1. The lowest BCUT2D eigenvalue weighted by atomic mass is 10.1. The Bertz CT molecular complexity index is 986. The topological polar surface area (TPSA) is 43.1 Å². The second-order valence-electron chi connectivity index (χ2n) is 4.44. The van der Waals surface area contributed by atoms with Crippen LogP contribution in [0.15, 0.2) is 63.9 Å². The van der Waals surface area contributed by atoms with Gasteiger partial charge in [-0.05, 0) is 30.3 Å². The van der Waals surface area contributed by atoms with Crippen molar-refractivity contribution < 1.29 is 4.42 Å². The number of hydrogen-bond donors (Lipinski definition) is 0. The molecule has 19 heavy (non-hydrogen) atoms. The number of aromatic nitrogens is 1. The first-order valence-corrected chi connectivity index (χ1v) is 6.04. The van der Waals surface area contributed by atoms with E-state index in [1.807, 2.05) is 36.4 Å². The van der Waals surface area contributed by atoms with Gasteiger partial charge in [0.25, 0.3) is 0 Å². The largest absolute Gasteiger partial charge is 0.456 e. The van der Waals surface area contributed by atoms with Gasteiger partial charge in [-0.1, -0.05) is 18.2 Å². The van der Waals surface area contributed by atoms with E-state index < -0.39 is 0 Å². The Labute approximate surface area is 108 Å². The molecule has 0 aliphatic heterocycles. The zero-order valence-electron chi connectivity index (χ0n) is 9.96. The summed E-state index contributed by atoms with van der Waals surface area (Å²) in [5, 5.41) is 2.04. The van der Waals surface area contributed by atoms with Crippen molar-refractivity contribution in [3.05, 3.63) is 65.0 Å². The predicted molar refractivity (Wildman–Crippen MR) is 75.3 cm³/mol. The molecular formula is C16H9NO2. The van der Waals surface area contributed by atoms with Crippen LogP contribution in [-0.4, -0.2) is 4.98 Å². The number of hydrogen-bond acceptors (Lipinski definition) is 3. The van der Waals surface area contributed by atoms with E-state index in [4.69, 9.17) is 4.42 Å². The summed E-state index contributed by atoms with van der Waals surface area (Å²) in [5.41, 5.74) is 2.01. The van der Waals surface area contributed by atoms with E-state index in [1.165, 1.54) is 0 Å². The summed E-state index contributed by atoms with van der Waals surface area (Å²) in [6, 6.07) is 14.7. The molecule has 0 aliphatic carbocycles. The fourth-order valence-electron chi connectivity index (χ4n) is 2.45. The van der Waals surface area contributed by atoms with E-state index >= 15 is 0 Å². The highest BCUT2D eigenvalue weighted by Gasteiger charge is 2.10. The quantitative estimate of drug-likeness (QED) is 0.353. The maximum atomic E-state index is 12.6. The number of rotatable bonds is 0. The first-order chi connectivity index (χ1) is 9.34. The van der Waals surface area contributed by atoms with E-state index in [1.54, 1.807) is 18.3 Å². The molecule has 2 aromatic heterocycles. The molecule has 0 bridgehead atoms. The molecule has 4 rings (SSSR count). The summed E-state index contributed by atoms with van der Waals surface area (Å²) in [5.74, 6) is 0. The van der Waals surface area contributed by atoms with Crippen molar-refractivity contribution in [1.29, 1.82) is 0 Å². The standard InChI is InChI=1S/C16H9NO2/c18-16-11-4-1-2-6-13(11)19-14-8-7-12-10(15(14)16)5-3-9-17-12/h1-9H. The Morgan fingerprint density at radius 2 is 1.68 bits per heavy atom. The van der Waals surface area contributed by atoms with Crippen LogP contribution < -0.4 is 5.43 Å². The normalized spacial score (nSPS) is 11.4. The second kappa shape index (κ2) is 3.65. The van der Waals surface area contributed by atoms with E-state index in [0.717, 1.165) is 10.9 Å². The van der Waals surface area contributed by atoms with Gasteiger partial charge in [0.1, 0.15) is 11.2 Å². The first kappa shape index (κ1) is 10.3. The maximum Gasteiger partial charge on any atom is 0.201 e. The lowest BCUT2D eigenvalue weighted by molar-refractivity contribution is 0.660. The van der Waals surface area contributed by atoms with Crippen molar-refractivity contribution >= 4 is 32.8 Å². The van der Waals surface area contributed by atoms with Gasteiger partial charge in [0.15, 0.2) is 0 Å². The highest BCUT2D eigenvalue weighted by Crippen LogP contribution is 2.24. The molecule has 4 aromatic rings. The van der Waals surface area contributed by atoms with E-state index in [0.29, 0.717) is 21.9 Å². The van der Waals surface area contributed by atoms with Gasteiger partial charge < -0.3 is 4.42 Å². The zero-order chi connectivity index (χ0) is 12.8. The summed E-state index contributed by atoms with van der Waals surface area (Å²) in [7, 11) is 0. The van der Waals surface area contributed by atoms with Crippen LogP contribution in [0.25, 0.3) is 32.8 Å². The lowest BCUT2D eigenvalue weighted by Gasteiger charge is -2.03. The third kappa shape index (κ3) is 1.38. The maximum absolute atomic E-state index is 12.6. The van der Waals surface area contributed by atoms with Crippen LogP contribution in [0, 0.1) is 0 Å². The molecule has 0 amide bonds. The molecule has 0 unspecified atom stereocenters. The summed E-state index contributed by atoms with van der Waals surface area (Å²) >= 11 is 0. The van der Waals surface area contributed by atoms with Gasteiger partial charge >= 0.3 is 0 Å². The molecule has 0 fully saturated rings. The Morgan fingerprint density at radius 3 is 2.63 bits per heavy atom. The molecule has 0 spiro atoms. The molecule has 2 aromatic carbocycles. The molecule has 0 radical (unpaired) electrons. The molecule has 0 saturated heterocycles. The van der Waals surface area contributed by atoms with Crippen molar-refractivity contribution in [1.82, 2.24) is 4.98 Å². The van der Waals surface area contributed by atoms with Crippen molar-refractivity contribution in [2.75, 3.05) is 0 Å². The minimum atomic E-state index is -0.00421. The van der Waals surface area contributed by atoms with Crippen molar-refractivity contribution in [2.45, 2.75) is 0 Å². The molecule has 2 heterocycles. The zero-order valence-corrected chi connectivity index (χ0v) is 9.96. The molecule has 90 valence electrons. The Morgan fingerprint density at radius 1 is 0.842 bits per heavy atom. The lowest BCUT2D eigenvalue weighted by Crippen LogP contribution is -2.02.